The van der Waals surface area contributed by atoms with Crippen molar-refractivity contribution in [3.8, 4) is 0 Å². The van der Waals surface area contributed by atoms with Crippen LogP contribution in [-0.4, -0.2) is 28.1 Å². The fourth-order valence-corrected chi connectivity index (χ4v) is 2.25. The first-order valence-corrected chi connectivity index (χ1v) is 7.19. The molecule has 5 nitrogen and oxygen atoms in total. The lowest BCUT2D eigenvalue weighted by Crippen LogP contribution is -2.41. The second-order valence-electron chi connectivity index (χ2n) is 5.28. The Morgan fingerprint density at radius 3 is 2.20 bits per heavy atom. The third kappa shape index (κ3) is 4.57. The molecule has 2 rings (SSSR count). The van der Waals surface area contributed by atoms with Gasteiger partial charge in [-0.3, -0.25) is 9.59 Å². The summed E-state index contributed by atoms with van der Waals surface area (Å²) in [5, 5.41) is 21.4. The van der Waals surface area contributed by atoms with Gasteiger partial charge in [-0.05, 0) is 18.2 Å². The Morgan fingerprint density at radius 1 is 1.00 bits per heavy atom. The lowest BCUT2D eigenvalue weighted by Gasteiger charge is -2.23. The summed E-state index contributed by atoms with van der Waals surface area (Å²) in [6.07, 6.45) is -2.64. The molecular weight excluding hydrogens is 339 g/mol. The molecule has 2 atom stereocenters. The van der Waals surface area contributed by atoms with Gasteiger partial charge in [0.1, 0.15) is 11.9 Å². The van der Waals surface area contributed by atoms with E-state index in [1.165, 1.54) is 12.1 Å². The van der Waals surface area contributed by atoms with E-state index in [1.807, 2.05) is 0 Å². The zero-order chi connectivity index (χ0) is 18.6. The maximum Gasteiger partial charge on any atom is 0.305 e. The highest BCUT2D eigenvalue weighted by Crippen LogP contribution is 2.24. The number of aliphatic hydroxyl groups excluding tert-OH is 1. The first-order valence-electron chi connectivity index (χ1n) is 7.19. The van der Waals surface area contributed by atoms with E-state index in [9.17, 15) is 27.9 Å². The van der Waals surface area contributed by atoms with Gasteiger partial charge in [0, 0.05) is 17.2 Å². The maximum atomic E-state index is 13.8. The van der Waals surface area contributed by atoms with Crippen molar-refractivity contribution in [1.29, 1.82) is 0 Å². The van der Waals surface area contributed by atoms with Crippen LogP contribution in [0.5, 0.6) is 0 Å². The van der Waals surface area contributed by atoms with Crippen molar-refractivity contribution < 1.29 is 33.0 Å². The van der Waals surface area contributed by atoms with Crippen molar-refractivity contribution in [3.63, 3.8) is 0 Å². The Bertz CT molecular complexity index is 783. The molecule has 2 aromatic rings. The highest BCUT2D eigenvalue weighted by atomic mass is 19.2. The molecule has 0 radical (unpaired) electrons. The predicted molar refractivity (Wildman–Crippen MR) is 81.2 cm³/mol. The number of hydrogen-bond acceptors (Lipinski definition) is 3. The smallest absolute Gasteiger partial charge is 0.305 e. The lowest BCUT2D eigenvalue weighted by molar-refractivity contribution is -0.138. The van der Waals surface area contributed by atoms with Crippen molar-refractivity contribution in [1.82, 2.24) is 5.32 Å². The fraction of sp³-hybridized carbons (Fsp3) is 0.176. The van der Waals surface area contributed by atoms with E-state index in [2.05, 4.69) is 5.32 Å². The summed E-state index contributed by atoms with van der Waals surface area (Å²) < 4.78 is 40.1. The van der Waals surface area contributed by atoms with Crippen molar-refractivity contribution in [3.05, 3.63) is 71.0 Å². The third-order valence-corrected chi connectivity index (χ3v) is 3.49. The molecule has 0 aliphatic carbocycles. The number of carbonyl (C=O) groups is 2. The minimum Gasteiger partial charge on any atom is -0.481 e. The first kappa shape index (κ1) is 18.5. The highest BCUT2D eigenvalue weighted by Gasteiger charge is 2.29. The molecule has 25 heavy (non-hydrogen) atoms. The van der Waals surface area contributed by atoms with Crippen LogP contribution in [0.3, 0.4) is 0 Å². The van der Waals surface area contributed by atoms with Crippen LogP contribution in [0.25, 0.3) is 0 Å². The van der Waals surface area contributed by atoms with Crippen molar-refractivity contribution >= 4 is 11.9 Å². The van der Waals surface area contributed by atoms with Crippen LogP contribution in [0.4, 0.5) is 13.2 Å². The number of aliphatic carboxylic acids is 1. The molecule has 0 saturated carbocycles. The highest BCUT2D eigenvalue weighted by molar-refractivity contribution is 5.94. The molecule has 1 unspecified atom stereocenters. The number of carboxylic acid groups (broad SMARTS) is 1. The Hall–Kier alpha value is -2.87. The number of rotatable bonds is 6. The molecule has 0 saturated heterocycles. The number of hydrogen-bond donors (Lipinski definition) is 3. The normalized spacial score (nSPS) is 13.1. The molecule has 132 valence electrons. The molecule has 0 fully saturated rings. The van der Waals surface area contributed by atoms with E-state index >= 15 is 0 Å². The largest absolute Gasteiger partial charge is 0.481 e. The summed E-state index contributed by atoms with van der Waals surface area (Å²) in [5.41, 5.74) is -0.464. The molecule has 0 bridgehead atoms. The van der Waals surface area contributed by atoms with Crippen molar-refractivity contribution in [2.24, 2.45) is 0 Å². The van der Waals surface area contributed by atoms with E-state index in [-0.39, 0.29) is 11.6 Å². The Morgan fingerprint density at radius 2 is 1.60 bits per heavy atom. The molecule has 0 aliphatic heterocycles. The number of amides is 1. The van der Waals surface area contributed by atoms with Gasteiger partial charge in [-0.2, -0.15) is 0 Å². The van der Waals surface area contributed by atoms with Gasteiger partial charge in [-0.15, -0.1) is 0 Å². The zero-order valence-electron chi connectivity index (χ0n) is 12.7. The number of carboxylic acids is 1. The van der Waals surface area contributed by atoms with E-state index in [1.54, 1.807) is 18.2 Å². The SMILES string of the molecule is O=C(O)C[C@H](NC(=O)c1ccccc1)C(O)c1cc(F)c(F)cc1F. The molecule has 2 aromatic carbocycles. The number of aliphatic hydroxyl groups is 1. The van der Waals surface area contributed by atoms with Gasteiger partial charge in [0.15, 0.2) is 11.6 Å². The summed E-state index contributed by atoms with van der Waals surface area (Å²) in [4.78, 5) is 23.1. The minimum atomic E-state index is -1.89. The lowest BCUT2D eigenvalue weighted by atomic mass is 9.98. The van der Waals surface area contributed by atoms with Crippen LogP contribution in [0.2, 0.25) is 0 Å². The second-order valence-corrected chi connectivity index (χ2v) is 5.28. The van der Waals surface area contributed by atoms with E-state index in [0.29, 0.717) is 6.07 Å². The van der Waals surface area contributed by atoms with Crippen LogP contribution in [0.1, 0.15) is 28.4 Å². The summed E-state index contributed by atoms with van der Waals surface area (Å²) in [6, 6.07) is 6.94. The van der Waals surface area contributed by atoms with Gasteiger partial charge in [-0.25, -0.2) is 13.2 Å². The fourth-order valence-electron chi connectivity index (χ4n) is 2.25. The molecule has 3 N–H and O–H groups in total. The quantitative estimate of drug-likeness (QED) is 0.696. The molecule has 8 heteroatoms. The standard InChI is InChI=1S/C17H14F3NO4/c18-11-7-13(20)12(19)6-10(11)16(24)14(8-15(22)23)21-17(25)9-4-2-1-3-5-9/h1-7,14,16,24H,8H2,(H,21,25)(H,22,23)/t14-,16?/m0/s1. The third-order valence-electron chi connectivity index (χ3n) is 3.49. The van der Waals surface area contributed by atoms with E-state index in [4.69, 9.17) is 5.11 Å². The van der Waals surface area contributed by atoms with E-state index < -0.39 is 53.5 Å². The number of benzene rings is 2. The maximum absolute atomic E-state index is 13.8. The predicted octanol–water partition coefficient (Wildman–Crippen LogP) is 2.41. The average molecular weight is 353 g/mol. The van der Waals surface area contributed by atoms with E-state index in [0.717, 1.165) is 0 Å². The monoisotopic (exact) mass is 353 g/mol. The number of halogens is 3. The molecule has 0 heterocycles. The second kappa shape index (κ2) is 7.80. The van der Waals surface area contributed by atoms with Crippen molar-refractivity contribution in [2.45, 2.75) is 18.6 Å². The number of nitrogens with one attached hydrogen (secondary N) is 1. The molecule has 1 amide bonds. The minimum absolute atomic E-state index is 0.191. The Kier molecular flexibility index (Phi) is 5.76. The summed E-state index contributed by atoms with van der Waals surface area (Å²) in [5.74, 6) is -6.18. The summed E-state index contributed by atoms with van der Waals surface area (Å²) >= 11 is 0. The molecular formula is C17H14F3NO4. The van der Waals surface area contributed by atoms with Gasteiger partial charge in [0.25, 0.3) is 5.91 Å². The topological polar surface area (TPSA) is 86.6 Å². The Balaban J connectivity index is 2.29. The zero-order valence-corrected chi connectivity index (χ0v) is 12.7. The van der Waals surface area contributed by atoms with Gasteiger partial charge < -0.3 is 15.5 Å². The van der Waals surface area contributed by atoms with Crippen LogP contribution in [0.15, 0.2) is 42.5 Å². The van der Waals surface area contributed by atoms with Gasteiger partial charge >= 0.3 is 5.97 Å². The van der Waals surface area contributed by atoms with Gasteiger partial charge in [0.2, 0.25) is 0 Å². The van der Waals surface area contributed by atoms with Gasteiger partial charge in [-0.1, -0.05) is 18.2 Å². The summed E-state index contributed by atoms with van der Waals surface area (Å²) in [7, 11) is 0. The van der Waals surface area contributed by atoms with Crippen LogP contribution in [-0.2, 0) is 4.79 Å². The molecule has 0 aromatic heterocycles. The first-order chi connectivity index (χ1) is 11.8. The van der Waals surface area contributed by atoms with Crippen molar-refractivity contribution in [2.75, 3.05) is 0 Å². The molecule has 0 spiro atoms. The van der Waals surface area contributed by atoms with Crippen LogP contribution >= 0.6 is 0 Å². The number of carbonyl (C=O) groups excluding carboxylic acids is 1. The van der Waals surface area contributed by atoms with Crippen LogP contribution < -0.4 is 5.32 Å². The summed E-state index contributed by atoms with van der Waals surface area (Å²) in [6.45, 7) is 0. The average Bonchev–Trinajstić information content (AvgIpc) is 2.57. The Labute approximate surface area is 140 Å². The van der Waals surface area contributed by atoms with Gasteiger partial charge in [0.05, 0.1) is 12.5 Å². The van der Waals surface area contributed by atoms with Crippen LogP contribution in [0, 0.1) is 17.5 Å². The molecule has 0 aliphatic rings.